The van der Waals surface area contributed by atoms with Gasteiger partial charge in [0.2, 0.25) is 5.91 Å². The second-order valence-electron chi connectivity index (χ2n) is 4.11. The second-order valence-corrected chi connectivity index (χ2v) is 4.11. The number of aromatic nitrogens is 1. The molecule has 0 bridgehead atoms. The smallest absolute Gasteiger partial charge is 0.229 e. The van der Waals surface area contributed by atoms with Crippen molar-refractivity contribution in [3.05, 3.63) is 30.0 Å². The van der Waals surface area contributed by atoms with Gasteiger partial charge in [-0.3, -0.25) is 4.79 Å². The topological polar surface area (TPSA) is 70.1 Å². The van der Waals surface area contributed by atoms with Gasteiger partial charge in [0, 0.05) is 12.4 Å². The Morgan fingerprint density at radius 2 is 2.28 bits per heavy atom. The number of likely N-dealkylation sites (N-methyl/N-ethyl adjacent to an activating group) is 1. The number of carbonyl (C=O) groups excluding carboxylic acids is 1. The zero-order valence-electron chi connectivity index (χ0n) is 10.3. The number of hydrogen-bond acceptors (Lipinski definition) is 4. The molecule has 5 heteroatoms. The maximum absolute atomic E-state index is 11.9. The Kier molecular flexibility index (Phi) is 3.28. The molecule has 0 saturated carbocycles. The average Bonchev–Trinajstić information content (AvgIpc) is 2.80. The summed E-state index contributed by atoms with van der Waals surface area (Å²) in [5, 5.41) is 13.5. The van der Waals surface area contributed by atoms with Gasteiger partial charge in [-0.1, -0.05) is 17.3 Å². The molecule has 92 valence electrons. The standard InChI is InChI=1S/C13H13N3O2/c1-9(8-14)16(2)13(17)7-11-10-5-3-4-6-12(10)18-15-11/h3-6,9H,7H2,1-2H3. The van der Waals surface area contributed by atoms with Crippen molar-refractivity contribution in [3.63, 3.8) is 0 Å². The molecule has 1 aromatic carbocycles. The minimum Gasteiger partial charge on any atom is -0.356 e. The Morgan fingerprint density at radius 3 is 3.00 bits per heavy atom. The Labute approximate surface area is 105 Å². The molecular formula is C13H13N3O2. The van der Waals surface area contributed by atoms with Crippen LogP contribution in [0.1, 0.15) is 12.6 Å². The zero-order valence-corrected chi connectivity index (χ0v) is 10.3. The Hall–Kier alpha value is -2.35. The number of amides is 1. The molecular weight excluding hydrogens is 230 g/mol. The molecule has 0 aliphatic heterocycles. The maximum Gasteiger partial charge on any atom is 0.229 e. The van der Waals surface area contributed by atoms with E-state index in [1.807, 2.05) is 24.3 Å². The summed E-state index contributed by atoms with van der Waals surface area (Å²) in [5.41, 5.74) is 1.27. The Bertz CT molecular complexity index is 612. The van der Waals surface area contributed by atoms with Gasteiger partial charge in [0.05, 0.1) is 12.5 Å². The molecule has 0 radical (unpaired) electrons. The predicted octanol–water partition coefficient (Wildman–Crippen LogP) is 1.74. The highest BCUT2D eigenvalue weighted by Crippen LogP contribution is 2.18. The first-order valence-corrected chi connectivity index (χ1v) is 5.62. The molecule has 2 rings (SSSR count). The fraction of sp³-hybridized carbons (Fsp3) is 0.308. The van der Waals surface area contributed by atoms with Gasteiger partial charge in [-0.25, -0.2) is 0 Å². The fourth-order valence-electron chi connectivity index (χ4n) is 1.64. The van der Waals surface area contributed by atoms with Crippen molar-refractivity contribution in [2.24, 2.45) is 0 Å². The first-order valence-electron chi connectivity index (χ1n) is 5.62. The lowest BCUT2D eigenvalue weighted by Crippen LogP contribution is -2.35. The van der Waals surface area contributed by atoms with Crippen LogP contribution in [-0.4, -0.2) is 29.1 Å². The van der Waals surface area contributed by atoms with Crippen LogP contribution in [0.25, 0.3) is 11.0 Å². The number of fused-ring (bicyclic) bond motifs is 1. The van der Waals surface area contributed by atoms with Crippen LogP contribution in [0.3, 0.4) is 0 Å². The Balaban J connectivity index is 2.20. The molecule has 1 amide bonds. The molecule has 0 aliphatic rings. The van der Waals surface area contributed by atoms with Crippen LogP contribution in [0.2, 0.25) is 0 Å². The van der Waals surface area contributed by atoms with Crippen molar-refractivity contribution in [2.45, 2.75) is 19.4 Å². The number of benzene rings is 1. The third-order valence-corrected chi connectivity index (χ3v) is 2.93. The maximum atomic E-state index is 11.9. The van der Waals surface area contributed by atoms with Crippen LogP contribution >= 0.6 is 0 Å². The van der Waals surface area contributed by atoms with Crippen molar-refractivity contribution < 1.29 is 9.32 Å². The second kappa shape index (κ2) is 4.88. The first-order chi connectivity index (χ1) is 8.63. The quantitative estimate of drug-likeness (QED) is 0.823. The van der Waals surface area contributed by atoms with E-state index >= 15 is 0 Å². The van der Waals surface area contributed by atoms with E-state index < -0.39 is 6.04 Å². The van der Waals surface area contributed by atoms with Crippen LogP contribution in [0.4, 0.5) is 0 Å². The lowest BCUT2D eigenvalue weighted by Gasteiger charge is -2.18. The van der Waals surface area contributed by atoms with Crippen molar-refractivity contribution in [3.8, 4) is 6.07 Å². The summed E-state index contributed by atoms with van der Waals surface area (Å²) < 4.78 is 5.13. The molecule has 18 heavy (non-hydrogen) atoms. The first kappa shape index (κ1) is 12.1. The molecule has 0 saturated heterocycles. The molecule has 1 atom stereocenters. The number of nitriles is 1. The van der Waals surface area contributed by atoms with Crippen LogP contribution in [0.15, 0.2) is 28.8 Å². The van der Waals surface area contributed by atoms with Gasteiger partial charge in [0.15, 0.2) is 5.58 Å². The van der Waals surface area contributed by atoms with E-state index in [4.69, 9.17) is 9.78 Å². The van der Waals surface area contributed by atoms with Crippen LogP contribution < -0.4 is 0 Å². The van der Waals surface area contributed by atoms with E-state index in [-0.39, 0.29) is 12.3 Å². The largest absolute Gasteiger partial charge is 0.356 e. The molecule has 1 heterocycles. The SMILES string of the molecule is CC(C#N)N(C)C(=O)Cc1noc2ccccc12. The summed E-state index contributed by atoms with van der Waals surface area (Å²) in [5.74, 6) is -0.150. The van der Waals surface area contributed by atoms with Crippen molar-refractivity contribution in [1.82, 2.24) is 10.1 Å². The average molecular weight is 243 g/mol. The lowest BCUT2D eigenvalue weighted by molar-refractivity contribution is -0.130. The fourth-order valence-corrected chi connectivity index (χ4v) is 1.64. The zero-order chi connectivity index (χ0) is 13.1. The minimum atomic E-state index is -0.448. The van der Waals surface area contributed by atoms with Gasteiger partial charge < -0.3 is 9.42 Å². The van der Waals surface area contributed by atoms with Gasteiger partial charge in [-0.2, -0.15) is 5.26 Å². The van der Waals surface area contributed by atoms with Crippen molar-refractivity contribution in [2.75, 3.05) is 7.05 Å². The van der Waals surface area contributed by atoms with Crippen LogP contribution in [-0.2, 0) is 11.2 Å². The van der Waals surface area contributed by atoms with Gasteiger partial charge in [-0.05, 0) is 19.1 Å². The highest BCUT2D eigenvalue weighted by Gasteiger charge is 2.18. The monoisotopic (exact) mass is 243 g/mol. The van der Waals surface area contributed by atoms with Crippen LogP contribution in [0, 0.1) is 11.3 Å². The van der Waals surface area contributed by atoms with E-state index in [9.17, 15) is 4.79 Å². The molecule has 1 unspecified atom stereocenters. The number of carbonyl (C=O) groups is 1. The summed E-state index contributed by atoms with van der Waals surface area (Å²) in [4.78, 5) is 13.4. The highest BCUT2D eigenvalue weighted by molar-refractivity contribution is 5.86. The van der Waals surface area contributed by atoms with E-state index in [0.717, 1.165) is 5.39 Å². The number of nitrogens with zero attached hydrogens (tertiary/aromatic N) is 3. The van der Waals surface area contributed by atoms with Gasteiger partial charge in [0.1, 0.15) is 11.7 Å². The lowest BCUT2D eigenvalue weighted by atomic mass is 10.1. The number of rotatable bonds is 3. The minimum absolute atomic E-state index is 0.138. The predicted molar refractivity (Wildman–Crippen MR) is 65.6 cm³/mol. The third-order valence-electron chi connectivity index (χ3n) is 2.93. The van der Waals surface area contributed by atoms with Crippen LogP contribution in [0.5, 0.6) is 0 Å². The number of hydrogen-bond donors (Lipinski definition) is 0. The highest BCUT2D eigenvalue weighted by atomic mass is 16.5. The summed E-state index contributed by atoms with van der Waals surface area (Å²) >= 11 is 0. The molecule has 1 aromatic heterocycles. The van der Waals surface area contributed by atoms with E-state index in [0.29, 0.717) is 11.3 Å². The summed E-state index contributed by atoms with van der Waals surface area (Å²) in [6.45, 7) is 1.68. The summed E-state index contributed by atoms with van der Waals surface area (Å²) in [6, 6.07) is 8.96. The van der Waals surface area contributed by atoms with Gasteiger partial charge >= 0.3 is 0 Å². The normalized spacial score (nSPS) is 12.1. The van der Waals surface area contributed by atoms with Crippen molar-refractivity contribution in [1.29, 1.82) is 5.26 Å². The van der Waals surface area contributed by atoms with E-state index in [1.165, 1.54) is 4.90 Å². The van der Waals surface area contributed by atoms with E-state index in [1.54, 1.807) is 20.0 Å². The van der Waals surface area contributed by atoms with Gasteiger partial charge in [-0.15, -0.1) is 0 Å². The van der Waals surface area contributed by atoms with Crippen molar-refractivity contribution >= 4 is 16.9 Å². The molecule has 0 spiro atoms. The third kappa shape index (κ3) is 2.18. The van der Waals surface area contributed by atoms with E-state index in [2.05, 4.69) is 5.16 Å². The summed E-state index contributed by atoms with van der Waals surface area (Å²) in [6.07, 6.45) is 0.138. The van der Waals surface area contributed by atoms with Gasteiger partial charge in [0.25, 0.3) is 0 Å². The molecule has 0 N–H and O–H groups in total. The number of para-hydroxylation sites is 1. The molecule has 5 nitrogen and oxygen atoms in total. The summed E-state index contributed by atoms with van der Waals surface area (Å²) in [7, 11) is 1.61. The molecule has 2 aromatic rings. The Morgan fingerprint density at radius 1 is 1.56 bits per heavy atom. The molecule has 0 aliphatic carbocycles. The molecule has 0 fully saturated rings.